The number of nitrogens with one attached hydrogen (secondary N) is 1. The van der Waals surface area contributed by atoms with Crippen LogP contribution in [0.2, 0.25) is 0 Å². The highest BCUT2D eigenvalue weighted by Crippen LogP contribution is 2.32. The second-order valence-corrected chi connectivity index (χ2v) is 10.8. The minimum absolute atomic E-state index is 0.0303. The number of unbranched alkanes of at least 4 members (excludes halogenated alkanes) is 4. The standard InChI is InChI=1S/C23H37N5O4S/c1-4-6-7-8-9-10-21(29)32-17-28-12-11-20-22(24-16-25-23(20)28)27(3)19-14-18(15-19)26-33(30,31)13-5-2/h11-12,16,18-19,26H,4-10,13-15,17H2,1-3H3. The van der Waals surface area contributed by atoms with E-state index in [9.17, 15) is 13.2 Å². The van der Waals surface area contributed by atoms with E-state index in [0.29, 0.717) is 18.5 Å². The molecule has 3 rings (SSSR count). The first-order valence-corrected chi connectivity index (χ1v) is 13.7. The Morgan fingerprint density at radius 1 is 1.18 bits per heavy atom. The number of carbonyl (C=O) groups is 1. The van der Waals surface area contributed by atoms with Crippen molar-refractivity contribution in [2.45, 2.75) is 90.4 Å². The highest BCUT2D eigenvalue weighted by atomic mass is 32.2. The Bertz CT molecular complexity index is 1020. The van der Waals surface area contributed by atoms with Crippen LogP contribution >= 0.6 is 0 Å². The van der Waals surface area contributed by atoms with Gasteiger partial charge < -0.3 is 9.64 Å². The highest BCUT2D eigenvalue weighted by molar-refractivity contribution is 7.89. The molecule has 184 valence electrons. The van der Waals surface area contributed by atoms with Gasteiger partial charge in [-0.1, -0.05) is 39.5 Å². The van der Waals surface area contributed by atoms with E-state index in [1.54, 1.807) is 0 Å². The number of fused-ring (bicyclic) bond motifs is 1. The largest absolute Gasteiger partial charge is 0.444 e. The number of sulfonamides is 1. The number of carbonyl (C=O) groups excluding carboxylic acids is 1. The van der Waals surface area contributed by atoms with E-state index < -0.39 is 10.0 Å². The monoisotopic (exact) mass is 479 g/mol. The first-order valence-electron chi connectivity index (χ1n) is 12.0. The second-order valence-electron chi connectivity index (χ2n) is 8.90. The molecule has 1 aliphatic rings. The SMILES string of the molecule is CCCCCCCC(=O)OCn1ccc2c(N(C)C3CC(NS(=O)(=O)CCC)C3)ncnc21. The van der Waals surface area contributed by atoms with Crippen LogP contribution in [0.3, 0.4) is 0 Å². The van der Waals surface area contributed by atoms with Gasteiger partial charge in [-0.3, -0.25) is 9.36 Å². The topological polar surface area (TPSA) is 106 Å². The van der Waals surface area contributed by atoms with Gasteiger partial charge in [0.15, 0.2) is 6.73 Å². The van der Waals surface area contributed by atoms with Crippen LogP contribution in [0.4, 0.5) is 5.82 Å². The van der Waals surface area contributed by atoms with Crippen molar-refractivity contribution < 1.29 is 17.9 Å². The molecule has 1 N–H and O–H groups in total. The number of esters is 1. The zero-order chi connectivity index (χ0) is 23.8. The van der Waals surface area contributed by atoms with Crippen molar-refractivity contribution in [1.82, 2.24) is 19.3 Å². The minimum atomic E-state index is -3.20. The van der Waals surface area contributed by atoms with E-state index >= 15 is 0 Å². The van der Waals surface area contributed by atoms with E-state index in [4.69, 9.17) is 4.74 Å². The lowest BCUT2D eigenvalue weighted by Crippen LogP contribution is -2.53. The van der Waals surface area contributed by atoms with Crippen molar-refractivity contribution in [3.8, 4) is 0 Å². The van der Waals surface area contributed by atoms with E-state index in [1.807, 2.05) is 30.8 Å². The van der Waals surface area contributed by atoms with E-state index in [-0.39, 0.29) is 30.5 Å². The van der Waals surface area contributed by atoms with Crippen molar-refractivity contribution in [2.75, 3.05) is 17.7 Å². The summed E-state index contributed by atoms with van der Waals surface area (Å²) in [5, 5.41) is 0.880. The molecular formula is C23H37N5O4S. The summed E-state index contributed by atoms with van der Waals surface area (Å²) >= 11 is 0. The van der Waals surface area contributed by atoms with Crippen LogP contribution in [0.5, 0.6) is 0 Å². The van der Waals surface area contributed by atoms with Crippen LogP contribution in [0.15, 0.2) is 18.6 Å². The molecule has 1 aliphatic carbocycles. The lowest BCUT2D eigenvalue weighted by Gasteiger charge is -2.41. The molecule has 0 saturated heterocycles. The molecule has 2 aromatic heterocycles. The molecule has 1 fully saturated rings. The van der Waals surface area contributed by atoms with Crippen molar-refractivity contribution in [1.29, 1.82) is 0 Å². The number of rotatable bonds is 14. The van der Waals surface area contributed by atoms with Gasteiger partial charge in [0.05, 0.1) is 11.1 Å². The Morgan fingerprint density at radius 2 is 1.94 bits per heavy atom. The molecule has 0 atom stereocenters. The van der Waals surface area contributed by atoms with Crippen LogP contribution < -0.4 is 9.62 Å². The summed E-state index contributed by atoms with van der Waals surface area (Å²) in [6, 6.07) is 2.10. The molecule has 2 aromatic rings. The van der Waals surface area contributed by atoms with Crippen molar-refractivity contribution in [2.24, 2.45) is 0 Å². The third-order valence-corrected chi connectivity index (χ3v) is 7.84. The highest BCUT2D eigenvalue weighted by Gasteiger charge is 2.35. The van der Waals surface area contributed by atoms with Crippen molar-refractivity contribution in [3.63, 3.8) is 0 Å². The Labute approximate surface area is 197 Å². The first-order chi connectivity index (χ1) is 15.8. The average Bonchev–Trinajstić information content (AvgIpc) is 3.17. The maximum Gasteiger partial charge on any atom is 0.307 e. The minimum Gasteiger partial charge on any atom is -0.444 e. The van der Waals surface area contributed by atoms with Gasteiger partial charge in [0, 0.05) is 31.7 Å². The van der Waals surface area contributed by atoms with Gasteiger partial charge in [-0.05, 0) is 31.7 Å². The maximum absolute atomic E-state index is 12.1. The fourth-order valence-electron chi connectivity index (χ4n) is 4.22. The van der Waals surface area contributed by atoms with Crippen molar-refractivity contribution >= 4 is 32.8 Å². The number of anilines is 1. The van der Waals surface area contributed by atoms with Gasteiger partial charge in [0.1, 0.15) is 17.8 Å². The Hall–Kier alpha value is -2.20. The fraction of sp³-hybridized carbons (Fsp3) is 0.696. The number of aromatic nitrogens is 3. The summed E-state index contributed by atoms with van der Waals surface area (Å²) in [5.74, 6) is 0.764. The zero-order valence-electron chi connectivity index (χ0n) is 20.0. The quantitative estimate of drug-likeness (QED) is 0.326. The molecule has 33 heavy (non-hydrogen) atoms. The van der Waals surface area contributed by atoms with Crippen LogP contribution in [0.25, 0.3) is 11.0 Å². The summed E-state index contributed by atoms with van der Waals surface area (Å²) in [5.41, 5.74) is 0.710. The summed E-state index contributed by atoms with van der Waals surface area (Å²) < 4.78 is 34.0. The maximum atomic E-state index is 12.1. The molecule has 9 nitrogen and oxygen atoms in total. The molecule has 0 aromatic carbocycles. The smallest absolute Gasteiger partial charge is 0.307 e. The van der Waals surface area contributed by atoms with Gasteiger partial charge in [0.25, 0.3) is 0 Å². The van der Waals surface area contributed by atoms with Gasteiger partial charge in [0.2, 0.25) is 10.0 Å². The molecule has 0 radical (unpaired) electrons. The van der Waals surface area contributed by atoms with Gasteiger partial charge in [-0.2, -0.15) is 0 Å². The predicted octanol–water partition coefficient (Wildman–Crippen LogP) is 3.59. The van der Waals surface area contributed by atoms with Crippen molar-refractivity contribution in [3.05, 3.63) is 18.6 Å². The summed E-state index contributed by atoms with van der Waals surface area (Å²) in [4.78, 5) is 23.0. The normalized spacial score (nSPS) is 18.3. The second kappa shape index (κ2) is 11.8. The van der Waals surface area contributed by atoms with Gasteiger partial charge in [-0.25, -0.2) is 23.1 Å². The molecule has 0 bridgehead atoms. The van der Waals surface area contributed by atoms with E-state index in [0.717, 1.165) is 43.3 Å². The third-order valence-electron chi connectivity index (χ3n) is 6.20. The number of hydrogen-bond donors (Lipinski definition) is 1. The molecule has 0 unspecified atom stereocenters. The zero-order valence-corrected chi connectivity index (χ0v) is 20.8. The molecule has 0 aliphatic heterocycles. The van der Waals surface area contributed by atoms with Gasteiger partial charge in [-0.15, -0.1) is 0 Å². The Balaban J connectivity index is 1.54. The first kappa shape index (κ1) is 25.4. The lowest BCUT2D eigenvalue weighted by molar-refractivity contribution is -0.147. The molecular weight excluding hydrogens is 442 g/mol. The van der Waals surface area contributed by atoms with E-state index in [2.05, 4.69) is 26.5 Å². The average molecular weight is 480 g/mol. The van der Waals surface area contributed by atoms with Crippen LogP contribution in [0, 0.1) is 0 Å². The molecule has 0 amide bonds. The molecule has 2 heterocycles. The summed E-state index contributed by atoms with van der Waals surface area (Å²) in [6.07, 6.45) is 11.4. The fourth-order valence-corrected chi connectivity index (χ4v) is 5.57. The van der Waals surface area contributed by atoms with Crippen LogP contribution in [0.1, 0.15) is 71.6 Å². The Morgan fingerprint density at radius 3 is 2.67 bits per heavy atom. The molecule has 1 saturated carbocycles. The summed E-state index contributed by atoms with van der Waals surface area (Å²) in [6.45, 7) is 4.16. The van der Waals surface area contributed by atoms with Crippen LogP contribution in [-0.4, -0.2) is 53.8 Å². The Kier molecular flexibility index (Phi) is 9.08. The van der Waals surface area contributed by atoms with Crippen LogP contribution in [-0.2, 0) is 26.3 Å². The number of ether oxygens (including phenoxy) is 1. The van der Waals surface area contributed by atoms with Gasteiger partial charge >= 0.3 is 5.97 Å². The number of hydrogen-bond acceptors (Lipinski definition) is 7. The lowest BCUT2D eigenvalue weighted by atomic mass is 9.86. The molecule has 10 heteroatoms. The molecule has 0 spiro atoms. The third kappa shape index (κ3) is 6.89. The summed E-state index contributed by atoms with van der Waals surface area (Å²) in [7, 11) is -1.23. The number of nitrogens with zero attached hydrogens (tertiary/aromatic N) is 4. The van der Waals surface area contributed by atoms with E-state index in [1.165, 1.54) is 19.2 Å². The predicted molar refractivity (Wildman–Crippen MR) is 129 cm³/mol.